The van der Waals surface area contributed by atoms with Crippen molar-refractivity contribution in [3.05, 3.63) is 47.7 Å². The minimum Gasteiger partial charge on any atom is -0.501 e. The first kappa shape index (κ1) is 17.4. The summed E-state index contributed by atoms with van der Waals surface area (Å²) in [6.45, 7) is 6.88. The molecule has 0 spiro atoms. The summed E-state index contributed by atoms with van der Waals surface area (Å²) in [5.41, 5.74) is 3.38. The third-order valence-electron chi connectivity index (χ3n) is 4.38. The van der Waals surface area contributed by atoms with Gasteiger partial charge in [0, 0.05) is 31.7 Å². The maximum Gasteiger partial charge on any atom is 0.0958 e. The second-order valence-electron chi connectivity index (χ2n) is 5.72. The summed E-state index contributed by atoms with van der Waals surface area (Å²) < 4.78 is 5.24. The summed E-state index contributed by atoms with van der Waals surface area (Å²) in [7, 11) is 1.71. The molecule has 1 N–H and O–H groups in total. The first-order valence-electron chi connectivity index (χ1n) is 8.42. The van der Waals surface area contributed by atoms with Crippen LogP contribution in [0.4, 0.5) is 11.4 Å². The Balaban J connectivity index is 1.90. The molecule has 126 valence electrons. The Morgan fingerprint density at radius 1 is 1.00 bits per heavy atom. The Kier molecular flexibility index (Phi) is 6.53. The molecular formula is C19H28N2O2. The number of ether oxygens (including phenoxy) is 1. The van der Waals surface area contributed by atoms with Crippen LogP contribution in [-0.4, -0.2) is 32.0 Å². The molecule has 0 fully saturated rings. The van der Waals surface area contributed by atoms with Crippen LogP contribution in [0.15, 0.2) is 47.7 Å². The number of allylic oxidation sites excluding steroid dienone is 3. The minimum absolute atomic E-state index is 0.604. The molecule has 2 rings (SSSR count). The van der Waals surface area contributed by atoms with E-state index in [9.17, 15) is 5.21 Å². The molecular weight excluding hydrogens is 288 g/mol. The molecule has 0 bridgehead atoms. The number of benzene rings is 1. The van der Waals surface area contributed by atoms with Crippen LogP contribution in [0.3, 0.4) is 0 Å². The Morgan fingerprint density at radius 2 is 1.65 bits per heavy atom. The largest absolute Gasteiger partial charge is 0.501 e. The van der Waals surface area contributed by atoms with Gasteiger partial charge in [0.25, 0.3) is 0 Å². The molecule has 1 aromatic carbocycles. The summed E-state index contributed by atoms with van der Waals surface area (Å²) in [6, 6.07) is 8.09. The maximum absolute atomic E-state index is 10.2. The zero-order chi connectivity index (χ0) is 16.7. The van der Waals surface area contributed by atoms with Gasteiger partial charge in [0.2, 0.25) is 0 Å². The number of hydrogen-bond donors (Lipinski definition) is 1. The van der Waals surface area contributed by atoms with E-state index in [1.807, 2.05) is 18.2 Å². The predicted molar refractivity (Wildman–Crippen MR) is 96.2 cm³/mol. The van der Waals surface area contributed by atoms with Crippen molar-refractivity contribution in [2.45, 2.75) is 33.1 Å². The van der Waals surface area contributed by atoms with E-state index >= 15 is 0 Å². The van der Waals surface area contributed by atoms with Gasteiger partial charge >= 0.3 is 0 Å². The van der Waals surface area contributed by atoms with Crippen molar-refractivity contribution >= 4 is 11.4 Å². The molecule has 0 aromatic heterocycles. The monoisotopic (exact) mass is 316 g/mol. The molecule has 0 heterocycles. The van der Waals surface area contributed by atoms with Crippen LogP contribution in [0.25, 0.3) is 0 Å². The number of hydrogen-bond acceptors (Lipinski definition) is 4. The van der Waals surface area contributed by atoms with Crippen LogP contribution in [0.2, 0.25) is 0 Å². The van der Waals surface area contributed by atoms with Gasteiger partial charge in [-0.3, -0.25) is 10.3 Å². The summed E-state index contributed by atoms with van der Waals surface area (Å²) in [5.74, 6) is 1.03. The highest BCUT2D eigenvalue weighted by Gasteiger charge is 2.09. The Morgan fingerprint density at radius 3 is 2.17 bits per heavy atom. The van der Waals surface area contributed by atoms with E-state index in [4.69, 9.17) is 4.74 Å². The average molecular weight is 316 g/mol. The molecule has 4 nitrogen and oxygen atoms in total. The first-order chi connectivity index (χ1) is 11.2. The van der Waals surface area contributed by atoms with Crippen LogP contribution < -0.4 is 9.96 Å². The van der Waals surface area contributed by atoms with E-state index < -0.39 is 0 Å². The van der Waals surface area contributed by atoms with Crippen LogP contribution in [0, 0.1) is 0 Å². The lowest BCUT2D eigenvalue weighted by atomic mass is 10.0. The molecule has 0 saturated heterocycles. The predicted octanol–water partition coefficient (Wildman–Crippen LogP) is 4.37. The summed E-state index contributed by atoms with van der Waals surface area (Å²) in [5, 5.41) is 11.6. The third kappa shape index (κ3) is 4.76. The highest BCUT2D eigenvalue weighted by molar-refractivity contribution is 5.55. The van der Waals surface area contributed by atoms with E-state index in [1.54, 1.807) is 7.11 Å². The molecule has 23 heavy (non-hydrogen) atoms. The van der Waals surface area contributed by atoms with E-state index in [-0.39, 0.29) is 0 Å². The van der Waals surface area contributed by atoms with Gasteiger partial charge in [-0.25, -0.2) is 0 Å². The van der Waals surface area contributed by atoms with Gasteiger partial charge in [-0.2, -0.15) is 0 Å². The van der Waals surface area contributed by atoms with Crippen molar-refractivity contribution in [2.24, 2.45) is 0 Å². The molecule has 0 radical (unpaired) electrons. The molecule has 0 aliphatic heterocycles. The van der Waals surface area contributed by atoms with E-state index in [0.29, 0.717) is 6.54 Å². The molecule has 0 amide bonds. The average Bonchev–Trinajstić information content (AvgIpc) is 2.61. The van der Waals surface area contributed by atoms with Crippen molar-refractivity contribution in [3.8, 4) is 0 Å². The lowest BCUT2D eigenvalue weighted by Crippen LogP contribution is -2.22. The van der Waals surface area contributed by atoms with Crippen molar-refractivity contribution in [3.63, 3.8) is 0 Å². The van der Waals surface area contributed by atoms with Gasteiger partial charge in [-0.05, 0) is 57.0 Å². The zero-order valence-corrected chi connectivity index (χ0v) is 14.5. The Bertz CT molecular complexity index is 545. The molecule has 1 aromatic rings. The second kappa shape index (κ2) is 8.63. The van der Waals surface area contributed by atoms with Crippen molar-refractivity contribution in [1.82, 2.24) is 0 Å². The summed E-state index contributed by atoms with van der Waals surface area (Å²) >= 11 is 0. The van der Waals surface area contributed by atoms with Gasteiger partial charge < -0.3 is 9.64 Å². The van der Waals surface area contributed by atoms with Crippen molar-refractivity contribution in [2.75, 3.05) is 36.7 Å². The minimum atomic E-state index is 0.604. The lowest BCUT2D eigenvalue weighted by Gasteiger charge is -2.23. The highest BCUT2D eigenvalue weighted by atomic mass is 16.5. The normalized spacial score (nSPS) is 14.1. The maximum atomic E-state index is 10.2. The lowest BCUT2D eigenvalue weighted by molar-refractivity contribution is 0.254. The number of nitrogens with zero attached hydrogens (tertiary/aromatic N) is 2. The second-order valence-corrected chi connectivity index (χ2v) is 5.72. The fourth-order valence-corrected chi connectivity index (χ4v) is 2.84. The number of hydroxylamine groups is 1. The van der Waals surface area contributed by atoms with Gasteiger partial charge in [0.15, 0.2) is 0 Å². The molecule has 0 saturated carbocycles. The van der Waals surface area contributed by atoms with Crippen LogP contribution in [0.5, 0.6) is 0 Å². The van der Waals surface area contributed by atoms with Gasteiger partial charge in [-0.1, -0.05) is 11.6 Å². The van der Waals surface area contributed by atoms with Gasteiger partial charge in [0.05, 0.1) is 18.6 Å². The fraction of sp³-hybridized carbons (Fsp3) is 0.474. The third-order valence-corrected chi connectivity index (χ3v) is 4.38. The van der Waals surface area contributed by atoms with E-state index in [1.165, 1.54) is 16.3 Å². The van der Waals surface area contributed by atoms with Crippen LogP contribution in [-0.2, 0) is 4.74 Å². The molecule has 4 heteroatoms. The topological polar surface area (TPSA) is 35.9 Å². The number of anilines is 2. The zero-order valence-electron chi connectivity index (χ0n) is 14.5. The Labute approximate surface area is 139 Å². The van der Waals surface area contributed by atoms with Crippen LogP contribution >= 0.6 is 0 Å². The van der Waals surface area contributed by atoms with E-state index in [2.05, 4.69) is 37.0 Å². The number of methoxy groups -OCH3 is 1. The van der Waals surface area contributed by atoms with Gasteiger partial charge in [-0.15, -0.1) is 0 Å². The van der Waals surface area contributed by atoms with Gasteiger partial charge in [0.1, 0.15) is 0 Å². The van der Waals surface area contributed by atoms with Crippen molar-refractivity contribution in [1.29, 1.82) is 0 Å². The molecule has 1 aliphatic carbocycles. The highest BCUT2D eigenvalue weighted by Crippen LogP contribution is 2.23. The number of rotatable bonds is 8. The fourth-order valence-electron chi connectivity index (χ4n) is 2.84. The summed E-state index contributed by atoms with van der Waals surface area (Å²) in [6.07, 6.45) is 6.96. The SMILES string of the molecule is CCN(CC)c1ccc(N(O)CCC2=CC=C(OC)CC2)cc1. The Hall–Kier alpha value is -1.94. The summed E-state index contributed by atoms with van der Waals surface area (Å²) in [4.78, 5) is 2.29. The quantitative estimate of drug-likeness (QED) is 0.723. The van der Waals surface area contributed by atoms with Crippen LogP contribution in [0.1, 0.15) is 33.1 Å². The molecule has 0 unspecified atom stereocenters. The smallest absolute Gasteiger partial charge is 0.0958 e. The molecule has 1 aliphatic rings. The first-order valence-corrected chi connectivity index (χ1v) is 8.42. The molecule has 0 atom stereocenters. The van der Waals surface area contributed by atoms with E-state index in [0.717, 1.165) is 43.8 Å². The van der Waals surface area contributed by atoms with Crippen molar-refractivity contribution < 1.29 is 9.94 Å². The standard InChI is InChI=1S/C19H28N2O2/c1-4-20(5-2)17-8-10-18(11-9-17)21(22)15-14-16-6-12-19(23-3)13-7-16/h6,8-12,22H,4-5,7,13-15H2,1-3H3.